The number of hydrogen-bond donors (Lipinski definition) is 1. The first-order valence-electron chi connectivity index (χ1n) is 5.56. The lowest BCUT2D eigenvalue weighted by molar-refractivity contribution is 0.251. The second-order valence-corrected chi connectivity index (χ2v) is 5.57. The smallest absolute Gasteiger partial charge is 0.0242 e. The molecule has 1 saturated carbocycles. The van der Waals surface area contributed by atoms with Gasteiger partial charge >= 0.3 is 0 Å². The summed E-state index contributed by atoms with van der Waals surface area (Å²) >= 11 is 3.71. The van der Waals surface area contributed by atoms with Gasteiger partial charge in [-0.3, -0.25) is 0 Å². The molecule has 0 aliphatic heterocycles. The normalized spacial score (nSPS) is 18.7. The fourth-order valence-electron chi connectivity index (χ4n) is 2.52. The number of hydrogen-bond acceptors (Lipinski definition) is 1. The number of benzene rings is 1. The van der Waals surface area contributed by atoms with Gasteiger partial charge in [-0.05, 0) is 37.8 Å². The van der Waals surface area contributed by atoms with Crippen LogP contribution in [0.5, 0.6) is 0 Å². The first-order valence-corrected chi connectivity index (χ1v) is 6.36. The van der Waals surface area contributed by atoms with E-state index >= 15 is 0 Å². The molecule has 0 radical (unpaired) electrons. The molecule has 0 bridgehead atoms. The highest BCUT2D eigenvalue weighted by Crippen LogP contribution is 2.46. The van der Waals surface area contributed by atoms with Crippen molar-refractivity contribution in [1.29, 1.82) is 0 Å². The van der Waals surface area contributed by atoms with Crippen LogP contribution in [0.15, 0.2) is 16.6 Å². The summed E-state index contributed by atoms with van der Waals surface area (Å²) in [6.45, 7) is 5.09. The molecule has 0 unspecified atom stereocenters. The second-order valence-electron chi connectivity index (χ2n) is 4.78. The molecule has 1 fully saturated rings. The molecular formula is C13H18BrN. The van der Waals surface area contributed by atoms with Crippen molar-refractivity contribution in [1.82, 2.24) is 0 Å². The van der Waals surface area contributed by atoms with Crippen molar-refractivity contribution in [2.24, 2.45) is 5.73 Å². The Morgan fingerprint density at radius 1 is 1.33 bits per heavy atom. The molecule has 2 heteroatoms. The zero-order chi connectivity index (χ0) is 11.1. The SMILES string of the molecule is Cc1cc(C)c(Br)c(C2(CN)CCC2)c1. The Morgan fingerprint density at radius 2 is 2.00 bits per heavy atom. The van der Waals surface area contributed by atoms with Gasteiger partial charge in [0.15, 0.2) is 0 Å². The van der Waals surface area contributed by atoms with Crippen molar-refractivity contribution < 1.29 is 0 Å². The van der Waals surface area contributed by atoms with Crippen LogP contribution >= 0.6 is 15.9 Å². The van der Waals surface area contributed by atoms with E-state index in [1.54, 1.807) is 0 Å². The van der Waals surface area contributed by atoms with Gasteiger partial charge in [-0.2, -0.15) is 0 Å². The van der Waals surface area contributed by atoms with Gasteiger partial charge in [0.25, 0.3) is 0 Å². The maximum Gasteiger partial charge on any atom is 0.0242 e. The number of rotatable bonds is 2. The highest BCUT2D eigenvalue weighted by Gasteiger charge is 2.38. The maximum atomic E-state index is 5.95. The van der Waals surface area contributed by atoms with E-state index in [4.69, 9.17) is 5.73 Å². The van der Waals surface area contributed by atoms with Crippen LogP contribution in [-0.2, 0) is 5.41 Å². The molecule has 1 aromatic carbocycles. The third-order valence-corrected chi connectivity index (χ3v) is 4.72. The maximum absolute atomic E-state index is 5.95. The summed E-state index contributed by atoms with van der Waals surface area (Å²) in [5.74, 6) is 0. The molecule has 1 aliphatic carbocycles. The highest BCUT2D eigenvalue weighted by atomic mass is 79.9. The third-order valence-electron chi connectivity index (χ3n) is 3.67. The van der Waals surface area contributed by atoms with Gasteiger partial charge in [-0.15, -0.1) is 0 Å². The van der Waals surface area contributed by atoms with Gasteiger partial charge < -0.3 is 5.73 Å². The molecular weight excluding hydrogens is 250 g/mol. The Kier molecular flexibility index (Phi) is 2.91. The minimum atomic E-state index is 0.260. The van der Waals surface area contributed by atoms with Gasteiger partial charge in [0.2, 0.25) is 0 Å². The van der Waals surface area contributed by atoms with Crippen molar-refractivity contribution in [3.05, 3.63) is 33.3 Å². The molecule has 0 aromatic heterocycles. The lowest BCUT2D eigenvalue weighted by Crippen LogP contribution is -2.42. The molecule has 1 nitrogen and oxygen atoms in total. The number of aryl methyl sites for hydroxylation is 2. The Bertz CT molecular complexity index is 375. The van der Waals surface area contributed by atoms with Crippen molar-refractivity contribution in [3.8, 4) is 0 Å². The summed E-state index contributed by atoms with van der Waals surface area (Å²) in [4.78, 5) is 0. The lowest BCUT2D eigenvalue weighted by atomic mass is 9.64. The minimum absolute atomic E-state index is 0.260. The van der Waals surface area contributed by atoms with E-state index in [0.29, 0.717) is 0 Å². The molecule has 1 aromatic rings. The van der Waals surface area contributed by atoms with Crippen molar-refractivity contribution in [3.63, 3.8) is 0 Å². The molecule has 82 valence electrons. The van der Waals surface area contributed by atoms with E-state index in [2.05, 4.69) is 41.9 Å². The standard InChI is InChI=1S/C13H18BrN/c1-9-6-10(2)12(14)11(7-9)13(8-15)4-3-5-13/h6-7H,3-5,8,15H2,1-2H3. The largest absolute Gasteiger partial charge is 0.330 e. The first-order chi connectivity index (χ1) is 7.09. The van der Waals surface area contributed by atoms with E-state index in [-0.39, 0.29) is 5.41 Å². The molecule has 0 spiro atoms. The molecule has 0 saturated heterocycles. The zero-order valence-electron chi connectivity index (χ0n) is 9.44. The monoisotopic (exact) mass is 267 g/mol. The second kappa shape index (κ2) is 3.91. The van der Waals surface area contributed by atoms with E-state index < -0.39 is 0 Å². The number of nitrogens with two attached hydrogens (primary N) is 1. The summed E-state index contributed by atoms with van der Waals surface area (Å²) < 4.78 is 1.26. The van der Waals surface area contributed by atoms with E-state index in [1.807, 2.05) is 0 Å². The van der Waals surface area contributed by atoms with Crippen LogP contribution in [0.4, 0.5) is 0 Å². The van der Waals surface area contributed by atoms with Crippen LogP contribution in [0.3, 0.4) is 0 Å². The molecule has 2 N–H and O–H groups in total. The molecule has 15 heavy (non-hydrogen) atoms. The lowest BCUT2D eigenvalue weighted by Gasteiger charge is -2.42. The van der Waals surface area contributed by atoms with Crippen LogP contribution < -0.4 is 5.73 Å². The number of halogens is 1. The van der Waals surface area contributed by atoms with Crippen LogP contribution in [0.2, 0.25) is 0 Å². The van der Waals surface area contributed by atoms with Crippen LogP contribution in [0.25, 0.3) is 0 Å². The molecule has 1 aliphatic rings. The summed E-state index contributed by atoms with van der Waals surface area (Å²) in [5.41, 5.74) is 10.3. The van der Waals surface area contributed by atoms with Crippen molar-refractivity contribution in [2.45, 2.75) is 38.5 Å². The average molecular weight is 268 g/mol. The quantitative estimate of drug-likeness (QED) is 0.873. The minimum Gasteiger partial charge on any atom is -0.330 e. The topological polar surface area (TPSA) is 26.0 Å². The summed E-state index contributed by atoms with van der Waals surface area (Å²) in [6.07, 6.45) is 3.80. The predicted molar refractivity (Wildman–Crippen MR) is 68.2 cm³/mol. The fourth-order valence-corrected chi connectivity index (χ4v) is 3.17. The highest BCUT2D eigenvalue weighted by molar-refractivity contribution is 9.10. The first kappa shape index (κ1) is 11.2. The zero-order valence-corrected chi connectivity index (χ0v) is 11.0. The Hall–Kier alpha value is -0.340. The Labute approximate surface area is 100 Å². The summed E-state index contributed by atoms with van der Waals surface area (Å²) in [7, 11) is 0. The molecule has 0 heterocycles. The van der Waals surface area contributed by atoms with Crippen LogP contribution in [0, 0.1) is 13.8 Å². The predicted octanol–water partition coefficient (Wildman–Crippen LogP) is 3.45. The van der Waals surface area contributed by atoms with E-state index in [1.165, 1.54) is 40.4 Å². The molecule has 0 atom stereocenters. The van der Waals surface area contributed by atoms with Gasteiger partial charge in [-0.25, -0.2) is 0 Å². The fraction of sp³-hybridized carbons (Fsp3) is 0.538. The van der Waals surface area contributed by atoms with Crippen LogP contribution in [0.1, 0.15) is 36.0 Å². The van der Waals surface area contributed by atoms with Gasteiger partial charge in [0.05, 0.1) is 0 Å². The van der Waals surface area contributed by atoms with Gasteiger partial charge in [0, 0.05) is 16.4 Å². The molecule has 2 rings (SSSR count). The van der Waals surface area contributed by atoms with Crippen molar-refractivity contribution in [2.75, 3.05) is 6.54 Å². The van der Waals surface area contributed by atoms with Gasteiger partial charge in [-0.1, -0.05) is 40.0 Å². The Morgan fingerprint density at radius 3 is 2.47 bits per heavy atom. The summed E-state index contributed by atoms with van der Waals surface area (Å²) in [5, 5.41) is 0. The van der Waals surface area contributed by atoms with E-state index in [0.717, 1.165) is 6.54 Å². The average Bonchev–Trinajstić information content (AvgIpc) is 2.12. The third kappa shape index (κ3) is 1.74. The van der Waals surface area contributed by atoms with E-state index in [9.17, 15) is 0 Å². The molecule has 0 amide bonds. The van der Waals surface area contributed by atoms with Crippen molar-refractivity contribution >= 4 is 15.9 Å². The summed E-state index contributed by atoms with van der Waals surface area (Å²) in [6, 6.07) is 4.51. The van der Waals surface area contributed by atoms with Gasteiger partial charge in [0.1, 0.15) is 0 Å². The Balaban J connectivity index is 2.51. The van der Waals surface area contributed by atoms with Crippen LogP contribution in [-0.4, -0.2) is 6.54 Å².